The van der Waals surface area contributed by atoms with Gasteiger partial charge in [-0.3, -0.25) is 0 Å². The number of hydrogen-bond acceptors (Lipinski definition) is 1. The molecule has 1 nitrogen and oxygen atoms in total. The molecule has 0 saturated carbocycles. The second-order valence-corrected chi connectivity index (χ2v) is 5.47. The van der Waals surface area contributed by atoms with E-state index in [4.69, 9.17) is 11.6 Å². The zero-order chi connectivity index (χ0) is 12.8. The summed E-state index contributed by atoms with van der Waals surface area (Å²) in [7, 11) is 0. The summed E-state index contributed by atoms with van der Waals surface area (Å²) in [5.74, 6) is 1.33. The van der Waals surface area contributed by atoms with Crippen LogP contribution in [-0.4, -0.2) is 12.6 Å². The second-order valence-electron chi connectivity index (χ2n) is 5.06. The van der Waals surface area contributed by atoms with Crippen molar-refractivity contribution in [3.8, 4) is 0 Å². The first-order valence-electron chi connectivity index (χ1n) is 6.53. The quantitative estimate of drug-likeness (QED) is 0.803. The fourth-order valence-corrected chi connectivity index (χ4v) is 2.28. The van der Waals surface area contributed by atoms with Crippen molar-refractivity contribution >= 4 is 11.6 Å². The molecule has 0 amide bonds. The summed E-state index contributed by atoms with van der Waals surface area (Å²) in [6.07, 6.45) is 1.01. The second kappa shape index (κ2) is 7.03. The van der Waals surface area contributed by atoms with Gasteiger partial charge in [-0.1, -0.05) is 57.5 Å². The Bertz CT molecular complexity index is 335. The Labute approximate surface area is 111 Å². The van der Waals surface area contributed by atoms with Crippen LogP contribution in [0, 0.1) is 11.8 Å². The molecule has 1 N–H and O–H groups in total. The minimum absolute atomic E-state index is 0.500. The first kappa shape index (κ1) is 14.5. The third kappa shape index (κ3) is 4.33. The van der Waals surface area contributed by atoms with E-state index < -0.39 is 0 Å². The van der Waals surface area contributed by atoms with Crippen LogP contribution in [0.3, 0.4) is 0 Å². The normalized spacial score (nSPS) is 14.9. The lowest BCUT2D eigenvalue weighted by molar-refractivity contribution is 0.300. The van der Waals surface area contributed by atoms with Crippen molar-refractivity contribution in [2.45, 2.75) is 40.2 Å². The standard InChI is InChI=1S/C15H24ClN/c1-5-17-15(12(4)11(2)3)10-13-8-6-7-9-14(13)16/h6-9,11-12,15,17H,5,10H2,1-4H3. The van der Waals surface area contributed by atoms with E-state index in [1.165, 1.54) is 5.56 Å². The fraction of sp³-hybridized carbons (Fsp3) is 0.600. The van der Waals surface area contributed by atoms with Gasteiger partial charge in [0.25, 0.3) is 0 Å². The van der Waals surface area contributed by atoms with Crippen molar-refractivity contribution < 1.29 is 0 Å². The topological polar surface area (TPSA) is 12.0 Å². The molecule has 1 aromatic rings. The lowest BCUT2D eigenvalue weighted by Gasteiger charge is -2.28. The lowest BCUT2D eigenvalue weighted by Crippen LogP contribution is -2.39. The molecule has 0 bridgehead atoms. The first-order chi connectivity index (χ1) is 8.06. The molecule has 0 spiro atoms. The van der Waals surface area contributed by atoms with Crippen LogP contribution in [0.25, 0.3) is 0 Å². The highest BCUT2D eigenvalue weighted by atomic mass is 35.5. The van der Waals surface area contributed by atoms with Crippen LogP contribution >= 0.6 is 11.6 Å². The summed E-state index contributed by atoms with van der Waals surface area (Å²) in [4.78, 5) is 0. The highest BCUT2D eigenvalue weighted by molar-refractivity contribution is 6.31. The molecule has 0 saturated heterocycles. The monoisotopic (exact) mass is 253 g/mol. The van der Waals surface area contributed by atoms with Gasteiger partial charge >= 0.3 is 0 Å². The molecule has 0 radical (unpaired) electrons. The van der Waals surface area contributed by atoms with Crippen LogP contribution in [0.1, 0.15) is 33.3 Å². The Balaban J connectivity index is 2.76. The molecule has 17 heavy (non-hydrogen) atoms. The van der Waals surface area contributed by atoms with Crippen LogP contribution < -0.4 is 5.32 Å². The number of hydrogen-bond donors (Lipinski definition) is 1. The average Bonchev–Trinajstić information content (AvgIpc) is 2.30. The van der Waals surface area contributed by atoms with E-state index in [2.05, 4.69) is 45.1 Å². The van der Waals surface area contributed by atoms with Crippen molar-refractivity contribution in [3.63, 3.8) is 0 Å². The number of likely N-dealkylation sites (N-methyl/N-ethyl adjacent to an activating group) is 1. The minimum atomic E-state index is 0.500. The zero-order valence-electron chi connectivity index (χ0n) is 11.3. The van der Waals surface area contributed by atoms with Gasteiger partial charge in [-0.25, -0.2) is 0 Å². The summed E-state index contributed by atoms with van der Waals surface area (Å²) in [5, 5.41) is 4.46. The van der Waals surface area contributed by atoms with E-state index in [1.54, 1.807) is 0 Å². The first-order valence-corrected chi connectivity index (χ1v) is 6.90. The fourth-order valence-electron chi connectivity index (χ4n) is 2.07. The van der Waals surface area contributed by atoms with E-state index in [0.29, 0.717) is 17.9 Å². The maximum absolute atomic E-state index is 6.22. The summed E-state index contributed by atoms with van der Waals surface area (Å²) < 4.78 is 0. The van der Waals surface area contributed by atoms with Gasteiger partial charge in [0.15, 0.2) is 0 Å². The number of benzene rings is 1. The van der Waals surface area contributed by atoms with E-state index in [1.807, 2.05) is 12.1 Å². The van der Waals surface area contributed by atoms with Crippen molar-refractivity contribution in [3.05, 3.63) is 34.9 Å². The van der Waals surface area contributed by atoms with E-state index >= 15 is 0 Å². The maximum atomic E-state index is 6.22. The largest absolute Gasteiger partial charge is 0.314 e. The van der Waals surface area contributed by atoms with Gasteiger partial charge in [0, 0.05) is 11.1 Å². The van der Waals surface area contributed by atoms with E-state index in [0.717, 1.165) is 18.0 Å². The van der Waals surface area contributed by atoms with Gasteiger partial charge < -0.3 is 5.32 Å². The van der Waals surface area contributed by atoms with Gasteiger partial charge in [0.05, 0.1) is 0 Å². The van der Waals surface area contributed by atoms with Crippen LogP contribution in [-0.2, 0) is 6.42 Å². The predicted molar refractivity (Wildman–Crippen MR) is 76.6 cm³/mol. The third-order valence-electron chi connectivity index (χ3n) is 3.55. The zero-order valence-corrected chi connectivity index (χ0v) is 12.1. The molecule has 0 heterocycles. The molecule has 96 valence electrons. The van der Waals surface area contributed by atoms with Gasteiger partial charge in [-0.2, -0.15) is 0 Å². The predicted octanol–water partition coefficient (Wildman–Crippen LogP) is 4.15. The number of nitrogens with one attached hydrogen (secondary N) is 1. The van der Waals surface area contributed by atoms with Gasteiger partial charge in [-0.15, -0.1) is 0 Å². The molecule has 0 aliphatic carbocycles. The summed E-state index contributed by atoms with van der Waals surface area (Å²) in [6.45, 7) is 10.0. The summed E-state index contributed by atoms with van der Waals surface area (Å²) in [5.41, 5.74) is 1.24. The number of halogens is 1. The van der Waals surface area contributed by atoms with Crippen LogP contribution in [0.15, 0.2) is 24.3 Å². The van der Waals surface area contributed by atoms with Gasteiger partial charge in [0.2, 0.25) is 0 Å². The third-order valence-corrected chi connectivity index (χ3v) is 3.92. The smallest absolute Gasteiger partial charge is 0.0438 e. The Hall–Kier alpha value is -0.530. The molecule has 1 rings (SSSR count). The Morgan fingerprint density at radius 1 is 1.18 bits per heavy atom. The van der Waals surface area contributed by atoms with Crippen LogP contribution in [0.5, 0.6) is 0 Å². The average molecular weight is 254 g/mol. The van der Waals surface area contributed by atoms with E-state index in [9.17, 15) is 0 Å². The maximum Gasteiger partial charge on any atom is 0.0438 e. The molecule has 0 aromatic heterocycles. The van der Waals surface area contributed by atoms with Crippen molar-refractivity contribution in [1.29, 1.82) is 0 Å². The molecule has 2 unspecified atom stereocenters. The molecule has 0 fully saturated rings. The molecular weight excluding hydrogens is 230 g/mol. The molecule has 2 heteroatoms. The van der Waals surface area contributed by atoms with Crippen molar-refractivity contribution in [1.82, 2.24) is 5.32 Å². The molecule has 2 atom stereocenters. The molecule has 0 aliphatic heterocycles. The highest BCUT2D eigenvalue weighted by Gasteiger charge is 2.20. The molecule has 0 aliphatic rings. The summed E-state index contributed by atoms with van der Waals surface area (Å²) in [6, 6.07) is 8.64. The van der Waals surface area contributed by atoms with Gasteiger partial charge in [0.1, 0.15) is 0 Å². The molecular formula is C15H24ClN. The van der Waals surface area contributed by atoms with Crippen LogP contribution in [0.2, 0.25) is 5.02 Å². The van der Waals surface area contributed by atoms with E-state index in [-0.39, 0.29) is 0 Å². The highest BCUT2D eigenvalue weighted by Crippen LogP contribution is 2.22. The number of rotatable bonds is 6. The van der Waals surface area contributed by atoms with Gasteiger partial charge in [-0.05, 0) is 36.4 Å². The summed E-state index contributed by atoms with van der Waals surface area (Å²) >= 11 is 6.22. The van der Waals surface area contributed by atoms with Crippen molar-refractivity contribution in [2.75, 3.05) is 6.54 Å². The van der Waals surface area contributed by atoms with Crippen molar-refractivity contribution in [2.24, 2.45) is 11.8 Å². The molecule has 1 aromatic carbocycles. The Kier molecular flexibility index (Phi) is 6.01. The van der Waals surface area contributed by atoms with Crippen LogP contribution in [0.4, 0.5) is 0 Å². The SMILES string of the molecule is CCNC(Cc1ccccc1Cl)C(C)C(C)C. The minimum Gasteiger partial charge on any atom is -0.314 e. The Morgan fingerprint density at radius 3 is 2.35 bits per heavy atom. The lowest BCUT2D eigenvalue weighted by atomic mass is 9.86. The Morgan fingerprint density at radius 2 is 1.82 bits per heavy atom.